The number of hydrogen-bond donors (Lipinski definition) is 1. The average molecular weight is 356 g/mol. The van der Waals surface area contributed by atoms with Crippen LogP contribution in [0.1, 0.15) is 37.7 Å². The molecule has 2 aliphatic heterocycles. The molecule has 0 unspecified atom stereocenters. The van der Waals surface area contributed by atoms with Gasteiger partial charge < -0.3 is 10.2 Å². The van der Waals surface area contributed by atoms with Crippen LogP contribution in [0.3, 0.4) is 0 Å². The lowest BCUT2D eigenvalue weighted by Gasteiger charge is -2.34. The molecule has 1 amide bonds. The van der Waals surface area contributed by atoms with Crippen LogP contribution in [0.4, 0.5) is 0 Å². The van der Waals surface area contributed by atoms with Gasteiger partial charge >= 0.3 is 0 Å². The van der Waals surface area contributed by atoms with Gasteiger partial charge in [0.05, 0.1) is 0 Å². The van der Waals surface area contributed by atoms with Gasteiger partial charge in [-0.15, -0.1) is 0 Å². The van der Waals surface area contributed by atoms with Crippen LogP contribution in [0.2, 0.25) is 0 Å². The van der Waals surface area contributed by atoms with Crippen molar-refractivity contribution in [3.63, 3.8) is 0 Å². The minimum atomic E-state index is 0.213. The van der Waals surface area contributed by atoms with E-state index in [-0.39, 0.29) is 11.8 Å². The lowest BCUT2D eigenvalue weighted by Crippen LogP contribution is -2.44. The third-order valence-corrected chi connectivity index (χ3v) is 6.74. The fraction of sp³-hybridized carbons (Fsp3) is 0.682. The normalized spacial score (nSPS) is 27.1. The summed E-state index contributed by atoms with van der Waals surface area (Å²) in [5.74, 6) is 1.47. The lowest BCUT2D eigenvalue weighted by molar-refractivity contribution is -0.126. The van der Waals surface area contributed by atoms with Gasteiger partial charge in [-0.2, -0.15) is 0 Å². The number of nitrogens with one attached hydrogen (secondary N) is 1. The third kappa shape index (κ3) is 4.47. The Bertz CT molecular complexity index is 582. The van der Waals surface area contributed by atoms with Crippen LogP contribution >= 0.6 is 0 Å². The Hall–Kier alpha value is -1.39. The van der Waals surface area contributed by atoms with Gasteiger partial charge in [-0.05, 0) is 63.1 Å². The first-order valence-electron chi connectivity index (χ1n) is 10.6. The van der Waals surface area contributed by atoms with Crippen molar-refractivity contribution in [1.29, 1.82) is 0 Å². The second-order valence-electron chi connectivity index (χ2n) is 8.47. The number of carbonyl (C=O) groups excluding carboxylic acids is 1. The van der Waals surface area contributed by atoms with Gasteiger partial charge in [0.25, 0.3) is 0 Å². The molecule has 2 atom stereocenters. The summed E-state index contributed by atoms with van der Waals surface area (Å²) < 4.78 is 0. The molecule has 2 bridgehead atoms. The number of piperidine rings is 2. The first-order chi connectivity index (χ1) is 12.8. The minimum Gasteiger partial charge on any atom is -0.356 e. The van der Waals surface area contributed by atoms with Crippen molar-refractivity contribution in [2.45, 2.75) is 44.6 Å². The number of rotatable bonds is 7. The molecule has 1 aliphatic carbocycles. The summed E-state index contributed by atoms with van der Waals surface area (Å²) in [6.07, 6.45) is 7.29. The molecule has 3 aliphatic rings. The van der Waals surface area contributed by atoms with E-state index in [0.717, 1.165) is 50.9 Å². The molecule has 4 rings (SSSR count). The molecule has 142 valence electrons. The molecule has 1 aromatic carbocycles. The summed E-state index contributed by atoms with van der Waals surface area (Å²) >= 11 is 0. The highest BCUT2D eigenvalue weighted by Crippen LogP contribution is 2.37. The van der Waals surface area contributed by atoms with Gasteiger partial charge in [0.15, 0.2) is 0 Å². The first-order valence-corrected chi connectivity index (χ1v) is 10.6. The van der Waals surface area contributed by atoms with Crippen molar-refractivity contribution in [1.82, 2.24) is 15.1 Å². The Morgan fingerprint density at radius 1 is 1.04 bits per heavy atom. The lowest BCUT2D eigenvalue weighted by atomic mass is 9.96. The number of benzene rings is 1. The first kappa shape index (κ1) is 18.0. The number of carbonyl (C=O) groups is 1. The van der Waals surface area contributed by atoms with E-state index in [4.69, 9.17) is 0 Å². The maximum atomic E-state index is 12.4. The minimum absolute atomic E-state index is 0.213. The molecule has 0 aromatic heterocycles. The van der Waals surface area contributed by atoms with E-state index in [1.807, 2.05) is 6.07 Å². The molecule has 1 aromatic rings. The molecule has 4 nitrogen and oxygen atoms in total. The van der Waals surface area contributed by atoms with E-state index in [2.05, 4.69) is 39.4 Å². The summed E-state index contributed by atoms with van der Waals surface area (Å²) in [6, 6.07) is 11.3. The Balaban J connectivity index is 1.11. The molecule has 0 spiro atoms. The number of nitrogens with zero attached hydrogens (tertiary/aromatic N) is 2. The maximum absolute atomic E-state index is 12.4. The van der Waals surface area contributed by atoms with Gasteiger partial charge in [0.1, 0.15) is 0 Å². The number of amides is 1. The molecule has 1 saturated carbocycles. The Labute approximate surface area is 157 Å². The predicted molar refractivity (Wildman–Crippen MR) is 105 cm³/mol. The number of hydrogen-bond acceptors (Lipinski definition) is 3. The molecular formula is C22H33N3O. The highest BCUT2D eigenvalue weighted by molar-refractivity contribution is 5.78. The van der Waals surface area contributed by atoms with Crippen LogP contribution in [0.25, 0.3) is 0 Å². The Morgan fingerprint density at radius 2 is 1.85 bits per heavy atom. The molecule has 2 saturated heterocycles. The van der Waals surface area contributed by atoms with Crippen molar-refractivity contribution < 1.29 is 4.79 Å². The van der Waals surface area contributed by atoms with E-state index in [0.29, 0.717) is 0 Å². The zero-order chi connectivity index (χ0) is 17.8. The monoisotopic (exact) mass is 355 g/mol. The number of fused-ring (bicyclic) bond motifs is 2. The summed E-state index contributed by atoms with van der Waals surface area (Å²) in [5, 5.41) is 3.15. The average Bonchev–Trinajstić information content (AvgIpc) is 3.31. The van der Waals surface area contributed by atoms with E-state index >= 15 is 0 Å². The SMILES string of the molecule is O=C(NCCc1ccccc1)C1CCN(CCN2C[C@H]3CC[C@@H]2C3)CC1. The van der Waals surface area contributed by atoms with Gasteiger partial charge in [-0.25, -0.2) is 0 Å². The van der Waals surface area contributed by atoms with Crippen LogP contribution in [0.5, 0.6) is 0 Å². The highest BCUT2D eigenvalue weighted by Gasteiger charge is 2.37. The fourth-order valence-corrected chi connectivity index (χ4v) is 5.11. The summed E-state index contributed by atoms with van der Waals surface area (Å²) in [5.41, 5.74) is 1.29. The highest BCUT2D eigenvalue weighted by atomic mass is 16.1. The maximum Gasteiger partial charge on any atom is 0.223 e. The van der Waals surface area contributed by atoms with Crippen LogP contribution in [-0.4, -0.2) is 61.0 Å². The van der Waals surface area contributed by atoms with Gasteiger partial charge in [0.2, 0.25) is 5.91 Å². The van der Waals surface area contributed by atoms with Crippen LogP contribution in [0.15, 0.2) is 30.3 Å². The fourth-order valence-electron chi connectivity index (χ4n) is 5.11. The zero-order valence-corrected chi connectivity index (χ0v) is 15.9. The Kier molecular flexibility index (Phi) is 5.91. The van der Waals surface area contributed by atoms with E-state index in [9.17, 15) is 4.79 Å². The van der Waals surface area contributed by atoms with Gasteiger partial charge in [0, 0.05) is 38.1 Å². The van der Waals surface area contributed by atoms with Crippen molar-refractivity contribution in [3.05, 3.63) is 35.9 Å². The Morgan fingerprint density at radius 3 is 2.54 bits per heavy atom. The van der Waals surface area contributed by atoms with Crippen LogP contribution in [0, 0.1) is 11.8 Å². The summed E-state index contributed by atoms with van der Waals surface area (Å²) in [6.45, 7) is 6.67. The van der Waals surface area contributed by atoms with Crippen molar-refractivity contribution >= 4 is 5.91 Å². The second-order valence-corrected chi connectivity index (χ2v) is 8.47. The predicted octanol–water partition coefficient (Wildman–Crippen LogP) is 2.54. The molecule has 1 N–H and O–H groups in total. The molecule has 0 radical (unpaired) electrons. The van der Waals surface area contributed by atoms with Crippen molar-refractivity contribution in [3.8, 4) is 0 Å². The standard InChI is InChI=1S/C22H33N3O/c26-22(23-11-8-18-4-2-1-3-5-18)20-9-12-24(13-10-20)14-15-25-17-19-6-7-21(25)16-19/h1-5,19-21H,6-17H2,(H,23,26)/t19-,21+/m0/s1. The van der Waals surface area contributed by atoms with Crippen LogP contribution in [-0.2, 0) is 11.2 Å². The van der Waals surface area contributed by atoms with E-state index in [1.165, 1.54) is 44.5 Å². The zero-order valence-electron chi connectivity index (χ0n) is 15.9. The smallest absolute Gasteiger partial charge is 0.223 e. The number of likely N-dealkylation sites (tertiary alicyclic amines) is 2. The van der Waals surface area contributed by atoms with Gasteiger partial charge in [-0.1, -0.05) is 30.3 Å². The van der Waals surface area contributed by atoms with Crippen molar-refractivity contribution in [2.24, 2.45) is 11.8 Å². The molecule has 3 fully saturated rings. The summed E-state index contributed by atoms with van der Waals surface area (Å²) in [7, 11) is 0. The molecule has 26 heavy (non-hydrogen) atoms. The molecule has 4 heteroatoms. The topological polar surface area (TPSA) is 35.6 Å². The third-order valence-electron chi connectivity index (χ3n) is 6.74. The van der Waals surface area contributed by atoms with Crippen molar-refractivity contribution in [2.75, 3.05) is 39.3 Å². The largest absolute Gasteiger partial charge is 0.356 e. The van der Waals surface area contributed by atoms with Gasteiger partial charge in [-0.3, -0.25) is 9.69 Å². The van der Waals surface area contributed by atoms with Crippen LogP contribution < -0.4 is 5.32 Å². The molecule has 2 heterocycles. The quantitative estimate of drug-likeness (QED) is 0.816. The summed E-state index contributed by atoms with van der Waals surface area (Å²) in [4.78, 5) is 17.7. The second kappa shape index (κ2) is 8.53. The molecular weight excluding hydrogens is 322 g/mol. The van der Waals surface area contributed by atoms with E-state index < -0.39 is 0 Å². The van der Waals surface area contributed by atoms with E-state index in [1.54, 1.807) is 0 Å².